The summed E-state index contributed by atoms with van der Waals surface area (Å²) in [7, 11) is 1.25. The first-order valence-corrected chi connectivity index (χ1v) is 6.70. The Morgan fingerprint density at radius 3 is 2.62 bits per heavy atom. The van der Waals surface area contributed by atoms with Gasteiger partial charge >= 0.3 is 11.9 Å². The topological polar surface area (TPSA) is 65.5 Å². The summed E-state index contributed by atoms with van der Waals surface area (Å²) in [4.78, 5) is 28.0. The predicted molar refractivity (Wildman–Crippen MR) is 78.2 cm³/mol. The van der Waals surface area contributed by atoms with Gasteiger partial charge < -0.3 is 9.47 Å². The van der Waals surface area contributed by atoms with E-state index in [0.29, 0.717) is 12.0 Å². The van der Waals surface area contributed by atoms with Crippen LogP contribution in [0.4, 0.5) is 0 Å². The molecule has 5 nitrogen and oxygen atoms in total. The van der Waals surface area contributed by atoms with Gasteiger partial charge in [-0.1, -0.05) is 25.1 Å². The molecule has 0 atom stereocenters. The Labute approximate surface area is 122 Å². The van der Waals surface area contributed by atoms with Crippen molar-refractivity contribution >= 4 is 22.8 Å². The number of carbonyl (C=O) groups excluding carboxylic acids is 2. The number of hydrogen-bond donors (Lipinski definition) is 0. The lowest BCUT2D eigenvalue weighted by Gasteiger charge is -2.12. The second-order valence-electron chi connectivity index (χ2n) is 4.58. The first-order chi connectivity index (χ1) is 10.1. The van der Waals surface area contributed by atoms with Crippen molar-refractivity contribution in [1.29, 1.82) is 0 Å². The van der Waals surface area contributed by atoms with Crippen molar-refractivity contribution in [3.63, 3.8) is 0 Å². The van der Waals surface area contributed by atoms with Crippen molar-refractivity contribution in [2.45, 2.75) is 20.3 Å². The van der Waals surface area contributed by atoms with E-state index in [2.05, 4.69) is 9.72 Å². The number of carbonyl (C=O) groups is 2. The van der Waals surface area contributed by atoms with E-state index in [1.54, 1.807) is 0 Å². The minimum atomic E-state index is -0.588. The molecule has 1 aromatic carbocycles. The van der Waals surface area contributed by atoms with E-state index >= 15 is 0 Å². The number of para-hydroxylation sites is 1. The molecule has 21 heavy (non-hydrogen) atoms. The van der Waals surface area contributed by atoms with Gasteiger partial charge in [0.25, 0.3) is 0 Å². The highest BCUT2D eigenvalue weighted by atomic mass is 16.6. The summed E-state index contributed by atoms with van der Waals surface area (Å²) in [6.07, 6.45) is 0.716. The molecule has 0 bridgehead atoms. The number of ether oxygens (including phenoxy) is 2. The molecule has 0 saturated heterocycles. The largest absolute Gasteiger partial charge is 0.466 e. The summed E-state index contributed by atoms with van der Waals surface area (Å²) in [5, 5.41) is 0.724. The third kappa shape index (κ3) is 3.02. The van der Waals surface area contributed by atoms with Gasteiger partial charge in [-0.05, 0) is 25.0 Å². The minimum absolute atomic E-state index is 0.396. The van der Waals surface area contributed by atoms with E-state index in [0.717, 1.165) is 22.2 Å². The molecule has 0 unspecified atom stereocenters. The van der Waals surface area contributed by atoms with Crippen LogP contribution in [0.3, 0.4) is 0 Å². The molecule has 110 valence electrons. The zero-order valence-electron chi connectivity index (χ0n) is 12.3. The molecular weight excluding hydrogens is 270 g/mol. The number of aromatic nitrogens is 1. The summed E-state index contributed by atoms with van der Waals surface area (Å²) in [6.45, 7) is 3.42. The summed E-state index contributed by atoms with van der Waals surface area (Å²) in [5.74, 6) is -1.12. The smallest absolute Gasteiger partial charge is 0.344 e. The fraction of sp³-hybridized carbons (Fsp3) is 0.312. The van der Waals surface area contributed by atoms with Crippen molar-refractivity contribution < 1.29 is 19.1 Å². The van der Waals surface area contributed by atoms with Crippen molar-refractivity contribution in [2.75, 3.05) is 13.7 Å². The van der Waals surface area contributed by atoms with Gasteiger partial charge in [-0.15, -0.1) is 0 Å². The van der Waals surface area contributed by atoms with Gasteiger partial charge in [0.15, 0.2) is 6.61 Å². The highest BCUT2D eigenvalue weighted by Crippen LogP contribution is 2.24. The summed E-state index contributed by atoms with van der Waals surface area (Å²) >= 11 is 0. The molecule has 0 saturated carbocycles. The Bertz CT molecular complexity index is 694. The van der Waals surface area contributed by atoms with E-state index in [-0.39, 0.29) is 0 Å². The second-order valence-corrected chi connectivity index (χ2v) is 4.58. The molecule has 0 aliphatic carbocycles. The number of esters is 2. The molecule has 0 amide bonds. The fourth-order valence-corrected chi connectivity index (χ4v) is 2.22. The van der Waals surface area contributed by atoms with Crippen molar-refractivity contribution in [3.8, 4) is 0 Å². The monoisotopic (exact) mass is 287 g/mol. The molecule has 1 aromatic heterocycles. The number of rotatable bonds is 4. The number of hydrogen-bond acceptors (Lipinski definition) is 5. The van der Waals surface area contributed by atoms with Gasteiger partial charge in [0, 0.05) is 11.1 Å². The average Bonchev–Trinajstić information content (AvgIpc) is 2.51. The number of benzene rings is 1. The van der Waals surface area contributed by atoms with Crippen LogP contribution in [0.1, 0.15) is 28.5 Å². The standard InChI is InChI=1S/C16H17NO4/c1-4-12-10(2)15(16(19)21-9-14(18)20-3)11-7-5-6-8-13(11)17-12/h5-8H,4,9H2,1-3H3. The van der Waals surface area contributed by atoms with Gasteiger partial charge in [0.05, 0.1) is 18.2 Å². The zero-order chi connectivity index (χ0) is 15.4. The first kappa shape index (κ1) is 15.0. The fourth-order valence-electron chi connectivity index (χ4n) is 2.22. The molecule has 0 fully saturated rings. The molecule has 0 radical (unpaired) electrons. The minimum Gasteiger partial charge on any atom is -0.466 e. The number of pyridine rings is 1. The van der Waals surface area contributed by atoms with Crippen LogP contribution in [0.15, 0.2) is 24.3 Å². The van der Waals surface area contributed by atoms with Gasteiger partial charge in [0.2, 0.25) is 0 Å². The van der Waals surface area contributed by atoms with Crippen LogP contribution >= 0.6 is 0 Å². The van der Waals surface area contributed by atoms with E-state index in [4.69, 9.17) is 4.74 Å². The summed E-state index contributed by atoms with van der Waals surface area (Å²) < 4.78 is 9.50. The molecule has 1 heterocycles. The van der Waals surface area contributed by atoms with Gasteiger partial charge in [0.1, 0.15) is 0 Å². The lowest BCUT2D eigenvalue weighted by atomic mass is 10.0. The third-order valence-electron chi connectivity index (χ3n) is 3.32. The summed E-state index contributed by atoms with van der Waals surface area (Å²) in [6, 6.07) is 7.38. The Balaban J connectivity index is 2.48. The molecule has 2 aromatic rings. The van der Waals surface area contributed by atoms with Crippen LogP contribution in [0, 0.1) is 6.92 Å². The van der Waals surface area contributed by atoms with Crippen molar-refractivity contribution in [3.05, 3.63) is 41.1 Å². The number of methoxy groups -OCH3 is 1. The zero-order valence-corrected chi connectivity index (χ0v) is 12.3. The van der Waals surface area contributed by atoms with E-state index < -0.39 is 18.5 Å². The molecule has 0 spiro atoms. The second kappa shape index (κ2) is 6.35. The number of nitrogens with zero attached hydrogens (tertiary/aromatic N) is 1. The van der Waals surface area contributed by atoms with Crippen LogP contribution < -0.4 is 0 Å². The normalized spacial score (nSPS) is 10.4. The maximum absolute atomic E-state index is 12.3. The Hall–Kier alpha value is -2.43. The lowest BCUT2D eigenvalue weighted by molar-refractivity contribution is -0.144. The van der Waals surface area contributed by atoms with Crippen LogP contribution in [0.5, 0.6) is 0 Å². The van der Waals surface area contributed by atoms with Gasteiger partial charge in [-0.3, -0.25) is 4.98 Å². The Morgan fingerprint density at radius 1 is 1.24 bits per heavy atom. The van der Waals surface area contributed by atoms with Crippen LogP contribution in [0.2, 0.25) is 0 Å². The van der Waals surface area contributed by atoms with Crippen LogP contribution in [-0.2, 0) is 20.7 Å². The maximum Gasteiger partial charge on any atom is 0.344 e. The molecule has 5 heteroatoms. The molecular formula is C16H17NO4. The van der Waals surface area contributed by atoms with E-state index in [1.165, 1.54) is 7.11 Å². The molecule has 0 aliphatic heterocycles. The van der Waals surface area contributed by atoms with Gasteiger partial charge in [-0.25, -0.2) is 9.59 Å². The SMILES string of the molecule is CCc1nc2ccccc2c(C(=O)OCC(=O)OC)c1C. The van der Waals surface area contributed by atoms with E-state index in [1.807, 2.05) is 38.1 Å². The van der Waals surface area contributed by atoms with Crippen molar-refractivity contribution in [1.82, 2.24) is 4.98 Å². The highest BCUT2D eigenvalue weighted by Gasteiger charge is 2.19. The average molecular weight is 287 g/mol. The quantitative estimate of drug-likeness (QED) is 0.808. The molecule has 0 aliphatic rings. The predicted octanol–water partition coefficient (Wildman–Crippen LogP) is 2.44. The number of fused-ring (bicyclic) bond motifs is 1. The Morgan fingerprint density at radius 2 is 1.95 bits per heavy atom. The van der Waals surface area contributed by atoms with Gasteiger partial charge in [-0.2, -0.15) is 0 Å². The van der Waals surface area contributed by atoms with Crippen molar-refractivity contribution in [2.24, 2.45) is 0 Å². The first-order valence-electron chi connectivity index (χ1n) is 6.70. The molecule has 0 N–H and O–H groups in total. The maximum atomic E-state index is 12.3. The highest BCUT2D eigenvalue weighted by molar-refractivity contribution is 6.05. The van der Waals surface area contributed by atoms with E-state index in [9.17, 15) is 9.59 Å². The van der Waals surface area contributed by atoms with Crippen LogP contribution in [-0.4, -0.2) is 30.6 Å². The third-order valence-corrected chi connectivity index (χ3v) is 3.32. The Kier molecular flexibility index (Phi) is 4.52. The van der Waals surface area contributed by atoms with Crippen LogP contribution in [0.25, 0.3) is 10.9 Å². The summed E-state index contributed by atoms with van der Waals surface area (Å²) in [5.41, 5.74) is 2.83. The molecule has 2 rings (SSSR count). The lowest BCUT2D eigenvalue weighted by Crippen LogP contribution is -2.17. The number of aryl methyl sites for hydroxylation is 1.